The van der Waals surface area contributed by atoms with Crippen molar-refractivity contribution in [2.45, 2.75) is 27.2 Å². The minimum atomic E-state index is 0.825. The molecule has 0 radical (unpaired) electrons. The minimum Gasteiger partial charge on any atom is -0.370 e. The number of nitrogens with one attached hydrogen (secondary N) is 1. The molecule has 2 aromatic carbocycles. The lowest BCUT2D eigenvalue weighted by molar-refractivity contribution is 0.744. The average molecular weight is 345 g/mol. The predicted molar refractivity (Wildman–Crippen MR) is 109 cm³/mol. The second-order valence-electron chi connectivity index (χ2n) is 7.77. The maximum absolute atomic E-state index is 4.68. The third-order valence-corrected chi connectivity index (χ3v) is 5.72. The summed E-state index contributed by atoms with van der Waals surface area (Å²) >= 11 is 0. The Morgan fingerprint density at radius 3 is 2.27 bits per heavy atom. The van der Waals surface area contributed by atoms with Gasteiger partial charge in [-0.15, -0.1) is 0 Å². The van der Waals surface area contributed by atoms with E-state index in [1.165, 1.54) is 28.7 Å². The van der Waals surface area contributed by atoms with Gasteiger partial charge in [-0.05, 0) is 54.4 Å². The van der Waals surface area contributed by atoms with Crippen molar-refractivity contribution < 1.29 is 0 Å². The van der Waals surface area contributed by atoms with Crippen molar-refractivity contribution in [3.05, 3.63) is 59.7 Å². The SMILES string of the molecule is Cc1ccc(-c2ccc(-c3cc(NCC4CC4C)n(C)n3)cc2)cc1C. The summed E-state index contributed by atoms with van der Waals surface area (Å²) in [6.07, 6.45) is 1.34. The van der Waals surface area contributed by atoms with Gasteiger partial charge in [-0.25, -0.2) is 0 Å². The Kier molecular flexibility index (Phi) is 4.31. The quantitative estimate of drug-likeness (QED) is 0.667. The van der Waals surface area contributed by atoms with Crippen LogP contribution in [-0.4, -0.2) is 16.3 Å². The molecule has 3 aromatic rings. The third kappa shape index (κ3) is 3.39. The highest BCUT2D eigenvalue weighted by molar-refractivity contribution is 5.70. The summed E-state index contributed by atoms with van der Waals surface area (Å²) in [6.45, 7) is 7.68. The second kappa shape index (κ2) is 6.64. The van der Waals surface area contributed by atoms with Crippen LogP contribution in [0.4, 0.5) is 5.82 Å². The fourth-order valence-corrected chi connectivity index (χ4v) is 3.45. The summed E-state index contributed by atoms with van der Waals surface area (Å²) in [7, 11) is 2.01. The Hall–Kier alpha value is -2.55. The zero-order chi connectivity index (χ0) is 18.3. The highest BCUT2D eigenvalue weighted by Crippen LogP contribution is 2.37. The van der Waals surface area contributed by atoms with Crippen LogP contribution in [0, 0.1) is 25.7 Å². The molecule has 2 unspecified atom stereocenters. The van der Waals surface area contributed by atoms with Crippen molar-refractivity contribution in [1.29, 1.82) is 0 Å². The molecular weight excluding hydrogens is 318 g/mol. The molecule has 0 amide bonds. The van der Waals surface area contributed by atoms with Crippen molar-refractivity contribution in [3.8, 4) is 22.4 Å². The van der Waals surface area contributed by atoms with Crippen LogP contribution in [0.5, 0.6) is 0 Å². The first kappa shape index (κ1) is 16.9. The highest BCUT2D eigenvalue weighted by atomic mass is 15.3. The summed E-state index contributed by atoms with van der Waals surface area (Å²) in [5.74, 6) is 2.79. The Labute approximate surface area is 156 Å². The molecule has 1 N–H and O–H groups in total. The van der Waals surface area contributed by atoms with Crippen LogP contribution in [-0.2, 0) is 7.05 Å². The molecule has 2 atom stereocenters. The van der Waals surface area contributed by atoms with E-state index >= 15 is 0 Å². The van der Waals surface area contributed by atoms with Gasteiger partial charge in [0.1, 0.15) is 5.82 Å². The van der Waals surface area contributed by atoms with Gasteiger partial charge in [-0.1, -0.05) is 49.4 Å². The molecule has 3 heteroatoms. The van der Waals surface area contributed by atoms with Gasteiger partial charge in [-0.3, -0.25) is 4.68 Å². The van der Waals surface area contributed by atoms with Crippen molar-refractivity contribution in [2.75, 3.05) is 11.9 Å². The van der Waals surface area contributed by atoms with Crippen molar-refractivity contribution >= 4 is 5.82 Å². The van der Waals surface area contributed by atoms with E-state index in [0.717, 1.165) is 35.5 Å². The van der Waals surface area contributed by atoms with Crippen LogP contribution in [0.1, 0.15) is 24.5 Å². The number of aromatic nitrogens is 2. The zero-order valence-electron chi connectivity index (χ0n) is 16.1. The lowest BCUT2D eigenvalue weighted by atomic mass is 9.99. The van der Waals surface area contributed by atoms with E-state index in [2.05, 4.69) is 79.7 Å². The Morgan fingerprint density at radius 2 is 1.62 bits per heavy atom. The Bertz CT molecular complexity index is 921. The Balaban J connectivity index is 1.52. The molecule has 1 aliphatic rings. The summed E-state index contributed by atoms with van der Waals surface area (Å²) in [6, 6.07) is 17.5. The molecular formula is C23H27N3. The summed E-state index contributed by atoms with van der Waals surface area (Å²) in [5, 5.41) is 8.23. The molecule has 1 aliphatic carbocycles. The maximum Gasteiger partial charge on any atom is 0.124 e. The van der Waals surface area contributed by atoms with Crippen LogP contribution in [0.25, 0.3) is 22.4 Å². The molecule has 26 heavy (non-hydrogen) atoms. The molecule has 1 saturated carbocycles. The number of aryl methyl sites for hydroxylation is 3. The van der Waals surface area contributed by atoms with E-state index in [4.69, 9.17) is 0 Å². The molecule has 0 spiro atoms. The molecule has 134 valence electrons. The lowest BCUT2D eigenvalue weighted by Crippen LogP contribution is -2.08. The number of hydrogen-bond donors (Lipinski definition) is 1. The smallest absolute Gasteiger partial charge is 0.124 e. The average Bonchev–Trinajstić information content (AvgIpc) is 3.22. The third-order valence-electron chi connectivity index (χ3n) is 5.72. The molecule has 3 nitrogen and oxygen atoms in total. The van der Waals surface area contributed by atoms with Crippen LogP contribution in [0.3, 0.4) is 0 Å². The second-order valence-corrected chi connectivity index (χ2v) is 7.77. The van der Waals surface area contributed by atoms with E-state index in [0.29, 0.717) is 0 Å². The van der Waals surface area contributed by atoms with Crippen LogP contribution in [0.15, 0.2) is 48.5 Å². The van der Waals surface area contributed by atoms with Crippen molar-refractivity contribution in [2.24, 2.45) is 18.9 Å². The van der Waals surface area contributed by atoms with Crippen LogP contribution < -0.4 is 5.32 Å². The first-order valence-electron chi connectivity index (χ1n) is 9.47. The monoisotopic (exact) mass is 345 g/mol. The van der Waals surface area contributed by atoms with Gasteiger partial charge in [-0.2, -0.15) is 5.10 Å². The summed E-state index contributed by atoms with van der Waals surface area (Å²) < 4.78 is 1.94. The molecule has 0 aliphatic heterocycles. The summed E-state index contributed by atoms with van der Waals surface area (Å²) in [5.41, 5.74) is 7.35. The lowest BCUT2D eigenvalue weighted by Gasteiger charge is -2.06. The number of benzene rings is 2. The molecule has 0 bridgehead atoms. The Morgan fingerprint density at radius 1 is 0.962 bits per heavy atom. The molecule has 0 saturated heterocycles. The number of nitrogens with zero attached hydrogens (tertiary/aromatic N) is 2. The molecule has 1 heterocycles. The van der Waals surface area contributed by atoms with Crippen LogP contribution in [0.2, 0.25) is 0 Å². The summed E-state index contributed by atoms with van der Waals surface area (Å²) in [4.78, 5) is 0. The minimum absolute atomic E-state index is 0.825. The van der Waals surface area contributed by atoms with Gasteiger partial charge in [0.05, 0.1) is 5.69 Å². The number of hydrogen-bond acceptors (Lipinski definition) is 2. The molecule has 1 fully saturated rings. The first-order chi connectivity index (χ1) is 12.5. The first-order valence-corrected chi connectivity index (χ1v) is 9.47. The topological polar surface area (TPSA) is 29.9 Å². The zero-order valence-corrected chi connectivity index (χ0v) is 16.1. The van der Waals surface area contributed by atoms with Crippen LogP contribution >= 0.6 is 0 Å². The number of rotatable bonds is 5. The van der Waals surface area contributed by atoms with Gasteiger partial charge >= 0.3 is 0 Å². The molecule has 4 rings (SSSR count). The largest absolute Gasteiger partial charge is 0.370 e. The van der Waals surface area contributed by atoms with Crippen molar-refractivity contribution in [1.82, 2.24) is 9.78 Å². The van der Waals surface area contributed by atoms with E-state index in [1.54, 1.807) is 0 Å². The fraction of sp³-hybridized carbons (Fsp3) is 0.348. The van der Waals surface area contributed by atoms with E-state index in [9.17, 15) is 0 Å². The van der Waals surface area contributed by atoms with Gasteiger partial charge in [0.2, 0.25) is 0 Å². The van der Waals surface area contributed by atoms with Gasteiger partial charge in [0.25, 0.3) is 0 Å². The molecule has 1 aromatic heterocycles. The standard InChI is InChI=1S/C23H27N3/c1-15-5-6-20(11-16(15)2)18-7-9-19(10-8-18)22-13-23(26(4)25-22)24-14-21-12-17(21)3/h5-11,13,17,21,24H,12,14H2,1-4H3. The van der Waals surface area contributed by atoms with Gasteiger partial charge in [0, 0.05) is 25.2 Å². The van der Waals surface area contributed by atoms with E-state index in [1.807, 2.05) is 11.7 Å². The predicted octanol–water partition coefficient (Wildman–Crippen LogP) is 5.44. The highest BCUT2D eigenvalue weighted by Gasteiger charge is 2.32. The van der Waals surface area contributed by atoms with Gasteiger partial charge in [0.15, 0.2) is 0 Å². The van der Waals surface area contributed by atoms with E-state index in [-0.39, 0.29) is 0 Å². The van der Waals surface area contributed by atoms with Crippen molar-refractivity contribution in [3.63, 3.8) is 0 Å². The normalized spacial score (nSPS) is 18.8. The van der Waals surface area contributed by atoms with Gasteiger partial charge < -0.3 is 5.32 Å². The van der Waals surface area contributed by atoms with E-state index < -0.39 is 0 Å². The maximum atomic E-state index is 4.68. The number of anilines is 1. The fourth-order valence-electron chi connectivity index (χ4n) is 3.45.